The number of benzene rings is 10. The predicted molar refractivity (Wildman–Crippen MR) is 307 cm³/mol. The fraction of sp³-hybridized carbons (Fsp3) is 0. The van der Waals surface area contributed by atoms with E-state index in [1.807, 2.05) is 97.1 Å². The van der Waals surface area contributed by atoms with Crippen LogP contribution in [0.4, 0.5) is 0 Å². The van der Waals surface area contributed by atoms with Crippen molar-refractivity contribution in [3.05, 3.63) is 229 Å². The first-order valence-corrected chi connectivity index (χ1v) is 25.7. The van der Waals surface area contributed by atoms with Crippen molar-refractivity contribution in [2.45, 2.75) is 0 Å². The van der Waals surface area contributed by atoms with E-state index in [9.17, 15) is 10.5 Å². The lowest BCUT2D eigenvalue weighted by atomic mass is 9.94. The van der Waals surface area contributed by atoms with Gasteiger partial charge in [0.25, 0.3) is 0 Å². The molecule has 0 saturated heterocycles. The Labute approximate surface area is 443 Å². The Kier molecular flexibility index (Phi) is 11.5. The van der Waals surface area contributed by atoms with E-state index in [-0.39, 0.29) is 0 Å². The van der Waals surface area contributed by atoms with Gasteiger partial charge in [-0.1, -0.05) is 146 Å². The highest BCUT2D eigenvalue weighted by molar-refractivity contribution is 7.00. The van der Waals surface area contributed by atoms with Crippen LogP contribution in [0, 0.1) is 34.0 Å². The van der Waals surface area contributed by atoms with E-state index in [0.29, 0.717) is 16.7 Å². The van der Waals surface area contributed by atoms with Crippen molar-refractivity contribution in [2.75, 3.05) is 0 Å². The number of aromatic nitrogens is 6. The maximum Gasteiger partial charge on any atom is 0.113 e. The van der Waals surface area contributed by atoms with E-state index in [2.05, 4.69) is 133 Å². The first kappa shape index (κ1) is 45.5. The number of rotatable bonds is 6. The third kappa shape index (κ3) is 8.19. The van der Waals surface area contributed by atoms with E-state index in [4.69, 9.17) is 15.2 Å². The molecule has 76 heavy (non-hydrogen) atoms. The van der Waals surface area contributed by atoms with Crippen LogP contribution in [0.5, 0.6) is 0 Å². The van der Waals surface area contributed by atoms with Gasteiger partial charge in [0.05, 0.1) is 80.8 Å². The van der Waals surface area contributed by atoms with Gasteiger partial charge in [0.1, 0.15) is 22.1 Å². The lowest BCUT2D eigenvalue weighted by molar-refractivity contribution is 1.43. The highest BCUT2D eigenvalue weighted by Crippen LogP contribution is 2.40. The first-order chi connectivity index (χ1) is 37.5. The fourth-order valence-corrected chi connectivity index (χ4v) is 11.1. The molecule has 0 fully saturated rings. The summed E-state index contributed by atoms with van der Waals surface area (Å²) >= 11 is 2.47. The van der Waals surface area contributed by atoms with Crippen molar-refractivity contribution >= 4 is 88.9 Å². The maximum absolute atomic E-state index is 9.56. The Bertz CT molecular complexity index is 4710. The molecule has 14 aromatic rings. The van der Waals surface area contributed by atoms with Gasteiger partial charge in [-0.05, 0) is 106 Å². The molecule has 4 aromatic heterocycles. The number of fused-ring (bicyclic) bond motifs is 10. The quantitative estimate of drug-likeness (QED) is 0.148. The number of hydrogen-bond donors (Lipinski definition) is 0. The van der Waals surface area contributed by atoms with Gasteiger partial charge in [-0.2, -0.15) is 33.3 Å². The zero-order chi connectivity index (χ0) is 51.1. The summed E-state index contributed by atoms with van der Waals surface area (Å²) in [5, 5.41) is 34.3. The van der Waals surface area contributed by atoms with Crippen LogP contribution in [0.15, 0.2) is 212 Å². The first-order valence-electron chi connectivity index (χ1n) is 24.3. The van der Waals surface area contributed by atoms with Gasteiger partial charge in [0.15, 0.2) is 0 Å². The Morgan fingerprint density at radius 2 is 0.711 bits per heavy atom. The van der Waals surface area contributed by atoms with Gasteiger partial charge in [-0.25, -0.2) is 9.97 Å². The Morgan fingerprint density at radius 1 is 0.303 bits per heavy atom. The summed E-state index contributed by atoms with van der Waals surface area (Å²) in [6, 6.07) is 77.5. The molecule has 9 nitrogen and oxygen atoms in total. The molecule has 11 heteroatoms. The molecule has 10 aromatic carbocycles. The second-order valence-electron chi connectivity index (χ2n) is 18.2. The van der Waals surface area contributed by atoms with Crippen molar-refractivity contribution in [3.8, 4) is 85.2 Å². The van der Waals surface area contributed by atoms with E-state index < -0.39 is 0 Å². The molecule has 0 saturated carbocycles. The standard InChI is InChI=1S/C33H17N5S.C32H18N4S/c34-18-20-6-7-25(19-35)28(16-20)22-10-8-21(9-11-22)24-12-13-26-30(17-24)36-32(23-4-2-1-3-5-23)27-14-15-29-33(31(26)27)38-39-37-29;33-19-20-6-8-21(9-7-20)22-10-12-23(13-11-22)25-14-15-26-29(18-25)34-31(24-4-2-1-3-5-24)27-16-17-28-32(30(26)27)36-37-35-28/h1-17H;1-18H. The smallest absolute Gasteiger partial charge is 0.113 e. The molecule has 352 valence electrons. The molecule has 0 aliphatic rings. The zero-order valence-corrected chi connectivity index (χ0v) is 41.7. The third-order valence-electron chi connectivity index (χ3n) is 13.8. The van der Waals surface area contributed by atoms with Crippen LogP contribution in [0.3, 0.4) is 0 Å². The van der Waals surface area contributed by atoms with Crippen molar-refractivity contribution in [1.29, 1.82) is 15.8 Å². The van der Waals surface area contributed by atoms with Crippen molar-refractivity contribution in [1.82, 2.24) is 27.5 Å². The summed E-state index contributed by atoms with van der Waals surface area (Å²) < 4.78 is 18.2. The summed E-state index contributed by atoms with van der Waals surface area (Å²) in [5.41, 5.74) is 19.3. The molecular formula is C65H35N9S2. The highest BCUT2D eigenvalue weighted by Gasteiger charge is 2.18. The average molecular weight is 1010 g/mol. The van der Waals surface area contributed by atoms with Crippen LogP contribution in [0.1, 0.15) is 16.7 Å². The van der Waals surface area contributed by atoms with Gasteiger partial charge in [0.2, 0.25) is 0 Å². The molecule has 0 spiro atoms. The van der Waals surface area contributed by atoms with Crippen molar-refractivity contribution in [2.24, 2.45) is 0 Å². The van der Waals surface area contributed by atoms with Crippen LogP contribution in [0.25, 0.3) is 132 Å². The Morgan fingerprint density at radius 3 is 1.17 bits per heavy atom. The second-order valence-corrected chi connectivity index (χ2v) is 19.2. The summed E-state index contributed by atoms with van der Waals surface area (Å²) in [5.74, 6) is 0. The van der Waals surface area contributed by atoms with E-state index >= 15 is 0 Å². The summed E-state index contributed by atoms with van der Waals surface area (Å²) in [7, 11) is 0. The van der Waals surface area contributed by atoms with Crippen molar-refractivity contribution < 1.29 is 0 Å². The van der Waals surface area contributed by atoms with Crippen molar-refractivity contribution in [3.63, 3.8) is 0 Å². The van der Waals surface area contributed by atoms with Crippen LogP contribution < -0.4 is 0 Å². The lowest BCUT2D eigenvalue weighted by Gasteiger charge is -2.12. The molecular weight excluding hydrogens is 971 g/mol. The number of pyridine rings is 2. The van der Waals surface area contributed by atoms with Gasteiger partial charge < -0.3 is 0 Å². The third-order valence-corrected chi connectivity index (χ3v) is 14.9. The topological polar surface area (TPSA) is 149 Å². The molecule has 0 amide bonds. The molecule has 0 aliphatic heterocycles. The average Bonchev–Trinajstić information content (AvgIpc) is 4.21. The molecule has 0 aliphatic carbocycles. The Hall–Kier alpha value is -10.4. The van der Waals surface area contributed by atoms with Gasteiger partial charge in [0, 0.05) is 49.0 Å². The zero-order valence-electron chi connectivity index (χ0n) is 40.0. The monoisotopic (exact) mass is 1010 g/mol. The largest absolute Gasteiger partial charge is 0.247 e. The SMILES string of the molecule is N#Cc1ccc(-c2ccc(-c3ccc4c(c3)nc(-c3ccccc3)c3ccc5nsnc5c34)cc2)cc1.N#Cc1ccc(C#N)c(-c2ccc(-c3ccc4c(c3)nc(-c3ccccc3)c3ccc5nsnc5c34)cc2)c1. The molecule has 0 unspecified atom stereocenters. The van der Waals surface area contributed by atoms with Crippen LogP contribution in [0.2, 0.25) is 0 Å². The fourth-order valence-electron chi connectivity index (χ4n) is 10.1. The minimum Gasteiger partial charge on any atom is -0.247 e. The van der Waals surface area contributed by atoms with E-state index in [0.717, 1.165) is 132 Å². The van der Waals surface area contributed by atoms with E-state index in [1.165, 1.54) is 23.5 Å². The second kappa shape index (κ2) is 19.2. The normalized spacial score (nSPS) is 11.1. The van der Waals surface area contributed by atoms with Gasteiger partial charge in [-0.3, -0.25) is 0 Å². The maximum atomic E-state index is 9.56. The molecule has 0 bridgehead atoms. The number of nitrogens with zero attached hydrogens (tertiary/aromatic N) is 9. The van der Waals surface area contributed by atoms with Crippen LogP contribution >= 0.6 is 23.5 Å². The van der Waals surface area contributed by atoms with Crippen LogP contribution in [-0.4, -0.2) is 27.5 Å². The minimum atomic E-state index is 0.527. The molecule has 0 atom stereocenters. The molecule has 14 rings (SSSR count). The predicted octanol–water partition coefficient (Wildman–Crippen LogP) is 16.4. The summed E-state index contributed by atoms with van der Waals surface area (Å²) in [6.45, 7) is 0. The number of nitriles is 3. The Balaban J connectivity index is 0.000000146. The summed E-state index contributed by atoms with van der Waals surface area (Å²) in [4.78, 5) is 10.3. The van der Waals surface area contributed by atoms with Gasteiger partial charge in [-0.15, -0.1) is 0 Å². The van der Waals surface area contributed by atoms with Gasteiger partial charge >= 0.3 is 0 Å². The number of hydrogen-bond acceptors (Lipinski definition) is 11. The molecule has 0 N–H and O–H groups in total. The highest BCUT2D eigenvalue weighted by atomic mass is 32.1. The van der Waals surface area contributed by atoms with Crippen LogP contribution in [-0.2, 0) is 0 Å². The minimum absolute atomic E-state index is 0.527. The lowest BCUT2D eigenvalue weighted by Crippen LogP contribution is -1.92. The summed E-state index contributed by atoms with van der Waals surface area (Å²) in [6.07, 6.45) is 0. The molecule has 4 heterocycles. The van der Waals surface area contributed by atoms with E-state index in [1.54, 1.807) is 18.2 Å². The molecule has 0 radical (unpaired) electrons.